The van der Waals surface area contributed by atoms with Gasteiger partial charge in [0.15, 0.2) is 0 Å². The molecule has 0 aliphatic heterocycles. The fourth-order valence-corrected chi connectivity index (χ4v) is 0.488. The number of unbranched alkanes of at least 4 members (excludes halogenated alkanes) is 2. The van der Waals surface area contributed by atoms with Crippen molar-refractivity contribution in [1.29, 1.82) is 0 Å². The van der Waals surface area contributed by atoms with Crippen molar-refractivity contribution in [3.63, 3.8) is 0 Å². The summed E-state index contributed by atoms with van der Waals surface area (Å²) in [5.74, 6) is 0. The standard InChI is InChI=1S/C8H16O.U/c1-4-5-6-7-9-8(2)3;/h7-8H,1,4-6H2,2-3H3;/q-2;+2. The van der Waals surface area contributed by atoms with Crippen molar-refractivity contribution >= 4 is 0 Å². The molecule has 0 N–H and O–H groups in total. The zero-order valence-electron chi connectivity index (χ0n) is 6.89. The summed E-state index contributed by atoms with van der Waals surface area (Å²) in [4.78, 5) is 0. The van der Waals surface area contributed by atoms with E-state index >= 15 is 0 Å². The summed E-state index contributed by atoms with van der Waals surface area (Å²) < 4.78 is 5.19. The van der Waals surface area contributed by atoms with E-state index in [1.54, 1.807) is 0 Å². The summed E-state index contributed by atoms with van der Waals surface area (Å²) >= 11 is 0. The average molecular weight is 366 g/mol. The molecule has 0 atom stereocenters. The summed E-state index contributed by atoms with van der Waals surface area (Å²) in [6.07, 6.45) is 3.49. The van der Waals surface area contributed by atoms with Crippen LogP contribution < -0.4 is 0 Å². The predicted molar refractivity (Wildman–Crippen MR) is 39.7 cm³/mol. The molecule has 0 aliphatic rings. The van der Waals surface area contributed by atoms with E-state index in [4.69, 9.17) is 4.74 Å². The van der Waals surface area contributed by atoms with Crippen LogP contribution in [0.25, 0.3) is 0 Å². The van der Waals surface area contributed by atoms with E-state index in [2.05, 4.69) is 6.92 Å². The van der Waals surface area contributed by atoms with Gasteiger partial charge in [-0.2, -0.15) is 12.8 Å². The van der Waals surface area contributed by atoms with Gasteiger partial charge in [-0.3, -0.25) is 0 Å². The molecule has 0 rings (SSSR count). The third kappa shape index (κ3) is 11.8. The smallest absolute Gasteiger partial charge is 0.550 e. The van der Waals surface area contributed by atoms with Crippen LogP contribution in [-0.4, -0.2) is 6.10 Å². The number of rotatable bonds is 5. The van der Waals surface area contributed by atoms with E-state index in [0.29, 0.717) is 6.10 Å². The molecule has 2 heteroatoms. The normalized spacial score (nSPS) is 9.60. The maximum atomic E-state index is 5.19. The molecule has 0 aliphatic carbocycles. The van der Waals surface area contributed by atoms with Gasteiger partial charge in [-0.25, -0.2) is 6.61 Å². The molecular weight excluding hydrogens is 350 g/mol. The Labute approximate surface area is 88.3 Å². The SMILES string of the molecule is [CH2-]CCC[CH-]OC(C)C.[U+2]. The molecule has 0 radical (unpaired) electrons. The molecule has 0 saturated heterocycles. The van der Waals surface area contributed by atoms with Gasteiger partial charge in [-0.05, 0) is 13.8 Å². The first-order valence-electron chi connectivity index (χ1n) is 3.53. The Bertz CT molecular complexity index is 55.2. The minimum Gasteiger partial charge on any atom is -0.550 e. The summed E-state index contributed by atoms with van der Waals surface area (Å²) in [5, 5.41) is 0. The Balaban J connectivity index is 0. The van der Waals surface area contributed by atoms with Gasteiger partial charge in [0.1, 0.15) is 0 Å². The van der Waals surface area contributed by atoms with Crippen LogP contribution in [0.2, 0.25) is 0 Å². The van der Waals surface area contributed by atoms with Gasteiger partial charge in [-0.15, -0.1) is 6.42 Å². The summed E-state index contributed by atoms with van der Waals surface area (Å²) in [7, 11) is 0. The average Bonchev–Trinajstić information content (AvgIpc) is 1.80. The van der Waals surface area contributed by atoms with Gasteiger partial charge < -0.3 is 11.7 Å². The second-order valence-corrected chi connectivity index (χ2v) is 2.35. The number of hydrogen-bond acceptors (Lipinski definition) is 1. The topological polar surface area (TPSA) is 9.23 Å². The van der Waals surface area contributed by atoms with Crippen LogP contribution in [0.1, 0.15) is 33.1 Å². The molecule has 0 amide bonds. The molecule has 0 spiro atoms. The van der Waals surface area contributed by atoms with E-state index in [9.17, 15) is 0 Å². The molecule has 10 heavy (non-hydrogen) atoms. The predicted octanol–water partition coefficient (Wildman–Crippen LogP) is 2.58. The maximum absolute atomic E-state index is 5.19. The molecule has 0 heterocycles. The molecule has 0 fully saturated rings. The van der Waals surface area contributed by atoms with Gasteiger partial charge in [0.05, 0.1) is 0 Å². The van der Waals surface area contributed by atoms with Gasteiger partial charge in [0, 0.05) is 6.10 Å². The van der Waals surface area contributed by atoms with Crippen molar-refractivity contribution in [3.8, 4) is 0 Å². The first-order chi connectivity index (χ1) is 4.27. The number of ether oxygens (including phenoxy) is 1. The van der Waals surface area contributed by atoms with E-state index in [1.807, 2.05) is 20.5 Å². The van der Waals surface area contributed by atoms with Crippen LogP contribution in [0.5, 0.6) is 0 Å². The molecule has 0 aromatic carbocycles. The Morgan fingerprint density at radius 2 is 2.10 bits per heavy atom. The zero-order valence-corrected chi connectivity index (χ0v) is 11.1. The van der Waals surface area contributed by atoms with Gasteiger partial charge in [-0.1, -0.05) is 0 Å². The van der Waals surface area contributed by atoms with E-state index in [0.717, 1.165) is 19.3 Å². The molecule has 1 nitrogen and oxygen atoms in total. The summed E-state index contributed by atoms with van der Waals surface area (Å²) in [6, 6.07) is 0. The monoisotopic (exact) mass is 366 g/mol. The van der Waals surface area contributed by atoms with Crippen LogP contribution in [-0.2, 0) is 4.74 Å². The Morgan fingerprint density at radius 1 is 1.50 bits per heavy atom. The van der Waals surface area contributed by atoms with Gasteiger partial charge >= 0.3 is 31.1 Å². The Morgan fingerprint density at radius 3 is 2.50 bits per heavy atom. The minimum absolute atomic E-state index is 0. The summed E-state index contributed by atoms with van der Waals surface area (Å²) in [6.45, 7) is 9.65. The minimum atomic E-state index is 0. The van der Waals surface area contributed by atoms with Gasteiger partial charge in [0.2, 0.25) is 0 Å². The van der Waals surface area contributed by atoms with Crippen LogP contribution in [0.3, 0.4) is 0 Å². The second kappa shape index (κ2) is 10.0. The summed E-state index contributed by atoms with van der Waals surface area (Å²) in [5.41, 5.74) is 0. The molecule has 0 aromatic heterocycles. The zero-order chi connectivity index (χ0) is 7.11. The van der Waals surface area contributed by atoms with Crippen molar-refractivity contribution in [2.45, 2.75) is 39.2 Å². The Hall–Kier alpha value is 1.01. The third-order valence-corrected chi connectivity index (χ3v) is 0.940. The van der Waals surface area contributed by atoms with E-state index < -0.39 is 0 Å². The maximum Gasteiger partial charge on any atom is 2.00 e. The molecule has 0 unspecified atom stereocenters. The van der Waals surface area contributed by atoms with Crippen molar-refractivity contribution in [3.05, 3.63) is 13.5 Å². The number of hydrogen-bond donors (Lipinski definition) is 0. The van der Waals surface area contributed by atoms with Crippen LogP contribution in [0, 0.1) is 44.6 Å². The van der Waals surface area contributed by atoms with Crippen molar-refractivity contribution in [1.82, 2.24) is 0 Å². The molecule has 0 saturated carbocycles. The van der Waals surface area contributed by atoms with Crippen molar-refractivity contribution < 1.29 is 35.9 Å². The van der Waals surface area contributed by atoms with Crippen molar-refractivity contribution in [2.75, 3.05) is 0 Å². The van der Waals surface area contributed by atoms with E-state index in [-0.39, 0.29) is 31.1 Å². The Kier molecular flexibility index (Phi) is 13.6. The van der Waals surface area contributed by atoms with Crippen LogP contribution >= 0.6 is 0 Å². The second-order valence-electron chi connectivity index (χ2n) is 2.35. The first-order valence-corrected chi connectivity index (χ1v) is 3.53. The fraction of sp³-hybridized carbons (Fsp3) is 0.750. The quantitative estimate of drug-likeness (QED) is 0.537. The third-order valence-electron chi connectivity index (χ3n) is 0.940. The molecule has 58 valence electrons. The van der Waals surface area contributed by atoms with Crippen LogP contribution in [0.15, 0.2) is 0 Å². The van der Waals surface area contributed by atoms with E-state index in [1.165, 1.54) is 0 Å². The first kappa shape index (κ1) is 13.6. The molecular formula is C8H16OU. The van der Waals surface area contributed by atoms with Crippen LogP contribution in [0.4, 0.5) is 0 Å². The molecule has 0 bridgehead atoms. The van der Waals surface area contributed by atoms with Gasteiger partial charge in [0.25, 0.3) is 0 Å². The fourth-order valence-electron chi connectivity index (χ4n) is 0.488. The van der Waals surface area contributed by atoms with Crippen molar-refractivity contribution in [2.24, 2.45) is 0 Å². The largest absolute Gasteiger partial charge is 2.00 e. The molecule has 0 aromatic rings.